The largest absolute Gasteiger partial charge is 0.469 e. The number of amides is 1. The summed E-state index contributed by atoms with van der Waals surface area (Å²) in [4.78, 5) is 25.4. The Bertz CT molecular complexity index is 554. The summed E-state index contributed by atoms with van der Waals surface area (Å²) in [5.74, 6) is -0.523. The molecule has 120 valence electrons. The molecule has 5 heteroatoms. The Labute approximate surface area is 130 Å². The van der Waals surface area contributed by atoms with E-state index in [1.807, 2.05) is 0 Å². The van der Waals surface area contributed by atoms with Gasteiger partial charge in [-0.05, 0) is 42.5 Å². The maximum Gasteiger partial charge on any atom is 0.305 e. The number of nitrogens with zero attached hydrogens (tertiary/aromatic N) is 1. The van der Waals surface area contributed by atoms with Gasteiger partial charge in [-0.3, -0.25) is 9.59 Å². The summed E-state index contributed by atoms with van der Waals surface area (Å²) in [5.41, 5.74) is 0.481. The molecule has 0 spiro atoms. The first-order valence-electron chi connectivity index (χ1n) is 7.49. The lowest BCUT2D eigenvalue weighted by Crippen LogP contribution is -2.43. The normalized spacial score (nSPS) is 18.6. The van der Waals surface area contributed by atoms with Gasteiger partial charge >= 0.3 is 5.97 Å². The molecule has 1 aromatic rings. The third-order valence-electron chi connectivity index (χ3n) is 4.42. The fourth-order valence-electron chi connectivity index (χ4n) is 3.04. The van der Waals surface area contributed by atoms with E-state index in [9.17, 15) is 14.0 Å². The first-order chi connectivity index (χ1) is 10.3. The SMILES string of the molecule is COC(=O)CCC(C)(C)C1CCC(=O)N1c1ccc(F)cc1. The van der Waals surface area contributed by atoms with Crippen molar-refractivity contribution >= 4 is 17.6 Å². The van der Waals surface area contributed by atoms with E-state index in [2.05, 4.69) is 13.8 Å². The standard InChI is InChI=1S/C17H22FNO3/c1-17(2,11-10-16(21)22-3)14-8-9-15(20)19(14)13-6-4-12(18)5-7-13/h4-7,14H,8-11H2,1-3H3. The van der Waals surface area contributed by atoms with Crippen molar-refractivity contribution in [2.75, 3.05) is 12.0 Å². The molecule has 0 aliphatic carbocycles. The molecule has 2 rings (SSSR count). The molecule has 0 radical (unpaired) electrons. The van der Waals surface area contributed by atoms with Gasteiger partial charge in [0.25, 0.3) is 0 Å². The molecule has 1 heterocycles. The van der Waals surface area contributed by atoms with Crippen LogP contribution >= 0.6 is 0 Å². The van der Waals surface area contributed by atoms with Gasteiger partial charge in [0.1, 0.15) is 5.82 Å². The van der Waals surface area contributed by atoms with Gasteiger partial charge < -0.3 is 9.64 Å². The summed E-state index contributed by atoms with van der Waals surface area (Å²) in [6, 6.07) is 5.97. The molecule has 0 aromatic heterocycles. The van der Waals surface area contributed by atoms with Crippen LogP contribution in [0.15, 0.2) is 24.3 Å². The number of halogens is 1. The Morgan fingerprint density at radius 2 is 2.00 bits per heavy atom. The van der Waals surface area contributed by atoms with Crippen LogP contribution in [0.4, 0.5) is 10.1 Å². The predicted molar refractivity (Wildman–Crippen MR) is 81.9 cm³/mol. The fraction of sp³-hybridized carbons (Fsp3) is 0.529. The molecule has 1 fully saturated rings. The van der Waals surface area contributed by atoms with Crippen LogP contribution in [0.5, 0.6) is 0 Å². The van der Waals surface area contributed by atoms with Gasteiger partial charge in [0.15, 0.2) is 0 Å². The molecule has 0 saturated carbocycles. The summed E-state index contributed by atoms with van der Waals surface area (Å²) in [6.07, 6.45) is 2.18. The number of hydrogen-bond donors (Lipinski definition) is 0. The van der Waals surface area contributed by atoms with Gasteiger partial charge in [-0.1, -0.05) is 13.8 Å². The minimum Gasteiger partial charge on any atom is -0.469 e. The Hall–Kier alpha value is -1.91. The number of rotatable bonds is 5. The summed E-state index contributed by atoms with van der Waals surface area (Å²) >= 11 is 0. The molecule has 1 amide bonds. The molecule has 1 saturated heterocycles. The molecule has 1 aromatic carbocycles. The third kappa shape index (κ3) is 3.46. The second kappa shape index (κ2) is 6.46. The second-order valence-electron chi connectivity index (χ2n) is 6.36. The zero-order valence-electron chi connectivity index (χ0n) is 13.3. The minimum absolute atomic E-state index is 0.00452. The van der Waals surface area contributed by atoms with E-state index in [4.69, 9.17) is 4.74 Å². The molecule has 1 unspecified atom stereocenters. The zero-order valence-corrected chi connectivity index (χ0v) is 13.3. The van der Waals surface area contributed by atoms with Crippen LogP contribution in [0.1, 0.15) is 39.5 Å². The van der Waals surface area contributed by atoms with Crippen molar-refractivity contribution in [1.29, 1.82) is 0 Å². The lowest BCUT2D eigenvalue weighted by atomic mass is 9.78. The van der Waals surface area contributed by atoms with E-state index in [0.29, 0.717) is 24.9 Å². The Morgan fingerprint density at radius 3 is 2.59 bits per heavy atom. The number of carbonyl (C=O) groups excluding carboxylic acids is 2. The van der Waals surface area contributed by atoms with Crippen LogP contribution < -0.4 is 4.90 Å². The van der Waals surface area contributed by atoms with E-state index in [0.717, 1.165) is 6.42 Å². The second-order valence-corrected chi connectivity index (χ2v) is 6.36. The first kappa shape index (κ1) is 16.5. The summed E-state index contributed by atoms with van der Waals surface area (Å²) in [6.45, 7) is 4.10. The first-order valence-corrected chi connectivity index (χ1v) is 7.49. The van der Waals surface area contributed by atoms with E-state index < -0.39 is 0 Å². The van der Waals surface area contributed by atoms with Crippen molar-refractivity contribution in [3.8, 4) is 0 Å². The smallest absolute Gasteiger partial charge is 0.305 e. The minimum atomic E-state index is -0.322. The summed E-state index contributed by atoms with van der Waals surface area (Å²) in [5, 5.41) is 0. The number of esters is 1. The highest BCUT2D eigenvalue weighted by Crippen LogP contribution is 2.40. The van der Waals surface area contributed by atoms with Crippen molar-refractivity contribution in [3.05, 3.63) is 30.1 Å². The van der Waals surface area contributed by atoms with Gasteiger partial charge in [-0.2, -0.15) is 0 Å². The zero-order chi connectivity index (χ0) is 16.3. The fourth-order valence-corrected chi connectivity index (χ4v) is 3.04. The molecular weight excluding hydrogens is 285 g/mol. The predicted octanol–water partition coefficient (Wildman–Crippen LogP) is 3.30. The summed E-state index contributed by atoms with van der Waals surface area (Å²) in [7, 11) is 1.37. The monoisotopic (exact) mass is 307 g/mol. The highest BCUT2D eigenvalue weighted by atomic mass is 19.1. The number of anilines is 1. The topological polar surface area (TPSA) is 46.6 Å². The van der Waals surface area contributed by atoms with E-state index in [1.54, 1.807) is 17.0 Å². The van der Waals surface area contributed by atoms with Crippen molar-refractivity contribution < 1.29 is 18.7 Å². The van der Waals surface area contributed by atoms with Crippen LogP contribution in [0, 0.1) is 11.2 Å². The van der Waals surface area contributed by atoms with E-state index in [1.165, 1.54) is 19.2 Å². The van der Waals surface area contributed by atoms with Crippen molar-refractivity contribution in [3.63, 3.8) is 0 Å². The lowest BCUT2D eigenvalue weighted by Gasteiger charge is -2.38. The highest BCUT2D eigenvalue weighted by molar-refractivity contribution is 5.96. The average molecular weight is 307 g/mol. The van der Waals surface area contributed by atoms with Crippen molar-refractivity contribution in [2.24, 2.45) is 5.41 Å². The number of hydrogen-bond acceptors (Lipinski definition) is 3. The highest BCUT2D eigenvalue weighted by Gasteiger charge is 2.41. The van der Waals surface area contributed by atoms with Crippen molar-refractivity contribution in [2.45, 2.75) is 45.6 Å². The molecule has 4 nitrogen and oxygen atoms in total. The number of benzene rings is 1. The van der Waals surface area contributed by atoms with Crippen molar-refractivity contribution in [1.82, 2.24) is 0 Å². The average Bonchev–Trinajstić information content (AvgIpc) is 2.88. The van der Waals surface area contributed by atoms with Gasteiger partial charge in [0.05, 0.1) is 7.11 Å². The maximum absolute atomic E-state index is 13.1. The molecule has 0 N–H and O–H groups in total. The molecule has 1 atom stereocenters. The Morgan fingerprint density at radius 1 is 1.36 bits per heavy atom. The number of ether oxygens (including phenoxy) is 1. The Balaban J connectivity index is 2.19. The molecular formula is C17H22FNO3. The lowest BCUT2D eigenvalue weighted by molar-refractivity contribution is -0.141. The van der Waals surface area contributed by atoms with Gasteiger partial charge in [-0.15, -0.1) is 0 Å². The van der Waals surface area contributed by atoms with Crippen LogP contribution in [0.25, 0.3) is 0 Å². The Kier molecular flexibility index (Phi) is 4.84. The number of carbonyl (C=O) groups is 2. The maximum atomic E-state index is 13.1. The van der Waals surface area contributed by atoms with Gasteiger partial charge in [-0.25, -0.2) is 4.39 Å². The molecule has 0 bridgehead atoms. The van der Waals surface area contributed by atoms with E-state index >= 15 is 0 Å². The quantitative estimate of drug-likeness (QED) is 0.784. The summed E-state index contributed by atoms with van der Waals surface area (Å²) < 4.78 is 17.8. The molecule has 22 heavy (non-hydrogen) atoms. The number of methoxy groups -OCH3 is 1. The molecule has 1 aliphatic heterocycles. The van der Waals surface area contributed by atoms with Crippen LogP contribution in [0.2, 0.25) is 0 Å². The van der Waals surface area contributed by atoms with Crippen LogP contribution in [-0.4, -0.2) is 25.0 Å². The van der Waals surface area contributed by atoms with Crippen LogP contribution in [0.3, 0.4) is 0 Å². The third-order valence-corrected chi connectivity index (χ3v) is 4.42. The van der Waals surface area contributed by atoms with Crippen LogP contribution in [-0.2, 0) is 14.3 Å². The molecule has 1 aliphatic rings. The van der Waals surface area contributed by atoms with E-state index in [-0.39, 0.29) is 29.2 Å². The van der Waals surface area contributed by atoms with Gasteiger partial charge in [0, 0.05) is 24.6 Å². The van der Waals surface area contributed by atoms with Gasteiger partial charge in [0.2, 0.25) is 5.91 Å².